The summed E-state index contributed by atoms with van der Waals surface area (Å²) in [5.41, 5.74) is 6.84. The fraction of sp³-hybridized carbons (Fsp3) is 0.741. The molecule has 2 aromatic rings. The smallest absolute Gasteiger partial charge is 0.382 e. The summed E-state index contributed by atoms with van der Waals surface area (Å²) in [6.45, 7) is 2.96. The number of nitrogens with two attached hydrogens (primary N) is 1. The van der Waals surface area contributed by atoms with Crippen molar-refractivity contribution >= 4 is 24.6 Å². The van der Waals surface area contributed by atoms with Crippen molar-refractivity contribution < 1.29 is 36.6 Å². The van der Waals surface area contributed by atoms with E-state index in [0.717, 1.165) is 51.4 Å². The number of rotatable bonds is 22. The van der Waals surface area contributed by atoms with Gasteiger partial charge in [-0.1, -0.05) is 63.7 Å². The van der Waals surface area contributed by atoms with Crippen LogP contribution in [0.25, 0.3) is 11.2 Å². The van der Waals surface area contributed by atoms with Crippen LogP contribution in [-0.2, 0) is 25.1 Å². The summed E-state index contributed by atoms with van der Waals surface area (Å²) in [7, 11) is -3.90. The average Bonchev–Trinajstić information content (AvgIpc) is 3.32. The molecule has 3 N–H and O–H groups in total. The van der Waals surface area contributed by atoms with Crippen LogP contribution in [0.3, 0.4) is 0 Å². The lowest BCUT2D eigenvalue weighted by Crippen LogP contribution is -2.18. The maximum Gasteiger partial charge on any atom is 0.457 e. The largest absolute Gasteiger partial charge is 0.457 e. The van der Waals surface area contributed by atoms with Crippen molar-refractivity contribution in [2.75, 3.05) is 31.9 Å². The summed E-state index contributed by atoms with van der Waals surface area (Å²) in [6, 6.07) is 0. The number of nitrogen functional groups attached to an aromatic ring is 1. The predicted molar refractivity (Wildman–Crippen MR) is 151 cm³/mol. The van der Waals surface area contributed by atoms with E-state index in [1.165, 1.54) is 31.5 Å². The van der Waals surface area contributed by atoms with Gasteiger partial charge in [0, 0.05) is 18.9 Å². The summed E-state index contributed by atoms with van der Waals surface area (Å²) in [6.07, 6.45) is 9.65. The van der Waals surface area contributed by atoms with E-state index in [2.05, 4.69) is 20.9 Å². The van der Waals surface area contributed by atoms with Crippen molar-refractivity contribution in [3.63, 3.8) is 0 Å². The zero-order chi connectivity index (χ0) is 30.0. The van der Waals surface area contributed by atoms with Crippen molar-refractivity contribution in [1.29, 1.82) is 0 Å². The second-order valence-electron chi connectivity index (χ2n) is 9.96. The third-order valence-corrected chi connectivity index (χ3v) is 7.31. The number of halogens is 3. The van der Waals surface area contributed by atoms with Crippen molar-refractivity contribution in [3.05, 3.63) is 12.7 Å². The first kappa shape index (κ1) is 35.0. The number of hydrogen-bond donors (Lipinski definition) is 2. The minimum Gasteiger partial charge on any atom is -0.382 e. The SMILES string of the molecule is C[C@H](Cn1cnc2c(N)ncnc21)OCP(=O)(O)OCCOCCCCCCCCCCCCCC#CC(F)(F)F. The molecule has 14 heteroatoms. The van der Waals surface area contributed by atoms with Gasteiger partial charge in [-0.05, 0) is 19.8 Å². The molecule has 41 heavy (non-hydrogen) atoms. The highest BCUT2D eigenvalue weighted by molar-refractivity contribution is 7.52. The predicted octanol–water partition coefficient (Wildman–Crippen LogP) is 6.24. The van der Waals surface area contributed by atoms with Gasteiger partial charge < -0.3 is 29.2 Å². The molecule has 0 aliphatic heterocycles. The van der Waals surface area contributed by atoms with Crippen LogP contribution in [0.15, 0.2) is 12.7 Å². The van der Waals surface area contributed by atoms with Gasteiger partial charge >= 0.3 is 13.8 Å². The number of ether oxygens (including phenoxy) is 2. The molecule has 0 saturated carbocycles. The van der Waals surface area contributed by atoms with E-state index < -0.39 is 26.2 Å². The van der Waals surface area contributed by atoms with E-state index in [-0.39, 0.29) is 19.0 Å². The summed E-state index contributed by atoms with van der Waals surface area (Å²) in [4.78, 5) is 22.3. The first-order valence-corrected chi connectivity index (χ1v) is 16.0. The van der Waals surface area contributed by atoms with Gasteiger partial charge in [-0.2, -0.15) is 13.2 Å². The zero-order valence-electron chi connectivity index (χ0n) is 23.8. The molecule has 232 valence electrons. The summed E-state index contributed by atoms with van der Waals surface area (Å²) < 4.78 is 65.8. The van der Waals surface area contributed by atoms with Crippen molar-refractivity contribution in [2.45, 2.75) is 103 Å². The Morgan fingerprint density at radius 3 is 2.27 bits per heavy atom. The third-order valence-electron chi connectivity index (χ3n) is 6.25. The van der Waals surface area contributed by atoms with Crippen LogP contribution in [-0.4, -0.2) is 62.9 Å². The maximum atomic E-state index is 12.2. The highest BCUT2D eigenvalue weighted by Gasteiger charge is 2.23. The molecular weight excluding hydrogens is 562 g/mol. The molecule has 2 aromatic heterocycles. The van der Waals surface area contributed by atoms with E-state index in [4.69, 9.17) is 19.7 Å². The van der Waals surface area contributed by atoms with Gasteiger partial charge in [0.15, 0.2) is 11.5 Å². The maximum absolute atomic E-state index is 12.2. The Morgan fingerprint density at radius 2 is 1.61 bits per heavy atom. The fourth-order valence-corrected chi connectivity index (χ4v) is 5.01. The number of hydrogen-bond acceptors (Lipinski definition) is 8. The van der Waals surface area contributed by atoms with Crippen LogP contribution in [0.2, 0.25) is 0 Å². The van der Waals surface area contributed by atoms with Gasteiger partial charge in [-0.3, -0.25) is 4.57 Å². The van der Waals surface area contributed by atoms with Crippen LogP contribution in [0.5, 0.6) is 0 Å². The number of aromatic nitrogens is 4. The molecule has 0 saturated heterocycles. The first-order valence-electron chi connectivity index (χ1n) is 14.2. The zero-order valence-corrected chi connectivity index (χ0v) is 24.7. The van der Waals surface area contributed by atoms with Crippen molar-refractivity contribution in [3.8, 4) is 11.8 Å². The lowest BCUT2D eigenvalue weighted by atomic mass is 10.1. The number of imidazole rings is 1. The van der Waals surface area contributed by atoms with Gasteiger partial charge in [0.25, 0.3) is 0 Å². The van der Waals surface area contributed by atoms with Gasteiger partial charge in [0.2, 0.25) is 0 Å². The normalized spacial score (nSPS) is 14.1. The molecule has 0 aromatic carbocycles. The summed E-state index contributed by atoms with van der Waals surface area (Å²) >= 11 is 0. The molecule has 2 atom stereocenters. The monoisotopic (exact) mass is 605 g/mol. The van der Waals surface area contributed by atoms with E-state index >= 15 is 0 Å². The fourth-order valence-electron chi connectivity index (χ4n) is 4.13. The summed E-state index contributed by atoms with van der Waals surface area (Å²) in [5.74, 6) is 3.76. The number of unbranched alkanes of at least 4 members (excludes halogenated alkanes) is 11. The molecule has 1 unspecified atom stereocenters. The minimum atomic E-state index is -4.38. The summed E-state index contributed by atoms with van der Waals surface area (Å²) in [5, 5.41) is 0. The Kier molecular flexibility index (Phi) is 16.3. The van der Waals surface area contributed by atoms with E-state index in [1.54, 1.807) is 17.8 Å². The molecule has 0 bridgehead atoms. The van der Waals surface area contributed by atoms with Crippen LogP contribution in [0.4, 0.5) is 19.0 Å². The van der Waals surface area contributed by atoms with Crippen LogP contribution >= 0.6 is 7.60 Å². The second-order valence-corrected chi connectivity index (χ2v) is 11.7. The highest BCUT2D eigenvalue weighted by Crippen LogP contribution is 2.41. The molecule has 0 radical (unpaired) electrons. The topological polar surface area (TPSA) is 135 Å². The van der Waals surface area contributed by atoms with Gasteiger partial charge in [-0.15, -0.1) is 0 Å². The Bertz CT molecular complexity index is 1120. The molecule has 0 aliphatic rings. The van der Waals surface area contributed by atoms with Crippen LogP contribution in [0, 0.1) is 11.8 Å². The average molecular weight is 606 g/mol. The first-order chi connectivity index (χ1) is 19.6. The molecule has 10 nitrogen and oxygen atoms in total. The Morgan fingerprint density at radius 1 is 0.976 bits per heavy atom. The van der Waals surface area contributed by atoms with E-state index in [1.807, 2.05) is 0 Å². The Balaban J connectivity index is 1.37. The molecule has 2 rings (SSSR count). The van der Waals surface area contributed by atoms with Gasteiger partial charge in [0.05, 0.1) is 32.2 Å². The lowest BCUT2D eigenvalue weighted by Gasteiger charge is -2.17. The molecule has 0 spiro atoms. The van der Waals surface area contributed by atoms with Crippen LogP contribution in [0.1, 0.15) is 84.0 Å². The molecule has 0 fully saturated rings. The molecule has 2 heterocycles. The number of anilines is 1. The quantitative estimate of drug-likeness (QED) is 0.0909. The molecular formula is C27H43F3N5O5P. The Labute approximate surface area is 240 Å². The van der Waals surface area contributed by atoms with Gasteiger partial charge in [-0.25, -0.2) is 15.0 Å². The van der Waals surface area contributed by atoms with Crippen molar-refractivity contribution in [1.82, 2.24) is 19.5 Å². The van der Waals surface area contributed by atoms with Crippen LogP contribution < -0.4 is 5.73 Å². The number of nitrogens with zero attached hydrogens (tertiary/aromatic N) is 4. The standard InChI is InChI=1S/C27H43F3N5O5P/c1-23(19-35-21-34-24-25(31)32-20-33-26(24)35)39-22-41(36,37)40-18-17-38-16-14-12-10-8-6-4-2-3-5-7-9-11-13-15-27(28,29)30/h20-21,23H,2-12,14,16-19,22H2,1H3,(H,36,37)(H2,31,32,33)/t23-/m1/s1. The number of alkyl halides is 3. The number of fused-ring (bicyclic) bond motifs is 1. The minimum absolute atomic E-state index is 0.00876. The third kappa shape index (κ3) is 16.1. The van der Waals surface area contributed by atoms with E-state index in [9.17, 15) is 22.6 Å². The van der Waals surface area contributed by atoms with Gasteiger partial charge in [0.1, 0.15) is 18.2 Å². The second kappa shape index (κ2) is 19.1. The van der Waals surface area contributed by atoms with E-state index in [0.29, 0.717) is 30.7 Å². The van der Waals surface area contributed by atoms with Crippen molar-refractivity contribution in [2.24, 2.45) is 0 Å². The molecule has 0 amide bonds. The lowest BCUT2D eigenvalue weighted by molar-refractivity contribution is -0.0697. The molecule has 0 aliphatic carbocycles. The Hall–Kier alpha value is -2.23. The highest BCUT2D eigenvalue weighted by atomic mass is 31.2.